The Balaban J connectivity index is 1.30. The summed E-state index contributed by atoms with van der Waals surface area (Å²) in [4.78, 5) is 4.67. The molecular weight excluding hydrogens is 817 g/mol. The Morgan fingerprint density at radius 1 is 0.485 bits per heavy atom. The standard InChI is InChI=1S/C54H36B3N4O5/c55-32-19-7-11-23-38(32)60-40-25-13-9-21-34(40)57-35-22-10-14-26-41(35)61-39-24-12-8-20-33(39)56-46-45(42(29-15-3-1-4-16-29)48(60)47(57)49(46)61)44-36(58)27-30(28-37(44)59-31-17-5-2-6-18-31)43-50(62)52(64)54(66)53(65)51(43)63/h1-28,59,62-66H,58H2. The second-order valence-electron chi connectivity index (χ2n) is 16.7. The van der Waals surface area contributed by atoms with Gasteiger partial charge in [-0.25, -0.2) is 0 Å². The van der Waals surface area contributed by atoms with Crippen molar-refractivity contribution in [1.82, 2.24) is 0 Å². The minimum atomic E-state index is -1.05. The normalized spacial score (nSPS) is 12.7. The molecule has 0 atom stereocenters. The van der Waals surface area contributed by atoms with E-state index in [4.69, 9.17) is 13.6 Å². The summed E-state index contributed by atoms with van der Waals surface area (Å²) in [7, 11) is 9.28. The number of nitrogen functional groups attached to an aromatic ring is 1. The van der Waals surface area contributed by atoms with E-state index in [9.17, 15) is 25.5 Å². The molecule has 0 amide bonds. The molecule has 12 heteroatoms. The van der Waals surface area contributed by atoms with E-state index in [2.05, 4.69) is 107 Å². The highest BCUT2D eigenvalue weighted by molar-refractivity contribution is 7.01. The van der Waals surface area contributed by atoms with Crippen LogP contribution in [0.25, 0.3) is 33.4 Å². The van der Waals surface area contributed by atoms with Crippen molar-refractivity contribution in [3.63, 3.8) is 0 Å². The van der Waals surface area contributed by atoms with Crippen LogP contribution in [0.2, 0.25) is 0 Å². The van der Waals surface area contributed by atoms with E-state index in [1.165, 1.54) is 0 Å². The summed E-state index contributed by atoms with van der Waals surface area (Å²) < 4.78 is 0. The van der Waals surface area contributed by atoms with Crippen molar-refractivity contribution in [1.29, 1.82) is 0 Å². The van der Waals surface area contributed by atoms with Gasteiger partial charge in [0.1, 0.15) is 7.85 Å². The van der Waals surface area contributed by atoms with Gasteiger partial charge in [-0.15, -0.1) is 0 Å². The van der Waals surface area contributed by atoms with Gasteiger partial charge in [0.05, 0.1) is 11.3 Å². The molecule has 0 spiro atoms. The van der Waals surface area contributed by atoms with Crippen LogP contribution >= 0.6 is 0 Å². The van der Waals surface area contributed by atoms with Crippen LogP contribution in [-0.4, -0.2) is 47.4 Å². The molecular formula is C54H36B3N4O5. The fourth-order valence-corrected chi connectivity index (χ4v) is 10.4. The third-order valence-electron chi connectivity index (χ3n) is 13.1. The van der Waals surface area contributed by atoms with E-state index in [0.717, 1.165) is 78.1 Å². The van der Waals surface area contributed by atoms with Crippen molar-refractivity contribution in [2.45, 2.75) is 0 Å². The highest BCUT2D eigenvalue weighted by Crippen LogP contribution is 2.57. The SMILES string of the molecule is [B]c1ccccc1N1c2ccccc2B2c3ccccc3N3c4ccccc4[B]c4c(-c5c(N)cc(-c6c(O)c(O)c(O)c(O)c6O)cc5Nc5ccccc5)c(-c5ccccc5)c1c2c43. The van der Waals surface area contributed by atoms with Gasteiger partial charge in [0.15, 0.2) is 18.8 Å². The van der Waals surface area contributed by atoms with Crippen molar-refractivity contribution < 1.29 is 25.5 Å². The van der Waals surface area contributed by atoms with E-state index in [1.807, 2.05) is 72.8 Å². The number of nitrogens with zero attached hydrogens (tertiary/aromatic N) is 2. The zero-order valence-electron chi connectivity index (χ0n) is 35.1. The van der Waals surface area contributed by atoms with Crippen LogP contribution in [-0.2, 0) is 0 Å². The zero-order chi connectivity index (χ0) is 45.0. The first-order valence-corrected chi connectivity index (χ1v) is 21.5. The van der Waals surface area contributed by atoms with Gasteiger partial charge < -0.3 is 46.4 Å². The average Bonchev–Trinajstić information content (AvgIpc) is 3.35. The smallest absolute Gasteiger partial charge is 0.252 e. The van der Waals surface area contributed by atoms with Crippen LogP contribution in [0.3, 0.4) is 0 Å². The Hall–Kier alpha value is -8.63. The molecule has 0 bridgehead atoms. The van der Waals surface area contributed by atoms with Crippen LogP contribution in [0.5, 0.6) is 28.7 Å². The summed E-state index contributed by atoms with van der Waals surface area (Å²) >= 11 is 0. The lowest BCUT2D eigenvalue weighted by Gasteiger charge is -2.49. The molecule has 3 radical (unpaired) electrons. The molecule has 9 nitrogen and oxygen atoms in total. The monoisotopic (exact) mass is 853 g/mol. The molecule has 0 unspecified atom stereocenters. The van der Waals surface area contributed by atoms with Crippen LogP contribution in [0.15, 0.2) is 170 Å². The largest absolute Gasteiger partial charge is 0.504 e. The predicted octanol–water partition coefficient (Wildman–Crippen LogP) is 7.39. The Kier molecular flexibility index (Phi) is 8.70. The highest BCUT2D eigenvalue weighted by Gasteiger charge is 2.48. The van der Waals surface area contributed by atoms with Crippen molar-refractivity contribution in [2.24, 2.45) is 0 Å². The van der Waals surface area contributed by atoms with Gasteiger partial charge in [-0.05, 0) is 87.1 Å². The van der Waals surface area contributed by atoms with E-state index in [1.54, 1.807) is 12.1 Å². The fraction of sp³-hybridized carbons (Fsp3) is 0. The number of hydrogen-bond acceptors (Lipinski definition) is 9. The number of aromatic hydroxyl groups is 5. The predicted molar refractivity (Wildman–Crippen MR) is 270 cm³/mol. The van der Waals surface area contributed by atoms with Crippen LogP contribution in [0.4, 0.5) is 51.2 Å². The molecule has 3 aliphatic heterocycles. The number of rotatable bonds is 6. The molecule has 311 valence electrons. The second-order valence-corrected chi connectivity index (χ2v) is 16.7. The minimum absolute atomic E-state index is 0.155. The Morgan fingerprint density at radius 2 is 1.02 bits per heavy atom. The summed E-state index contributed by atoms with van der Waals surface area (Å²) in [5.41, 5.74) is 23.5. The Bertz CT molecular complexity index is 3470. The lowest BCUT2D eigenvalue weighted by Crippen LogP contribution is -2.64. The fourth-order valence-electron chi connectivity index (χ4n) is 10.4. The topological polar surface area (TPSA) is 146 Å². The molecule has 0 saturated heterocycles. The van der Waals surface area contributed by atoms with Crippen molar-refractivity contribution >= 4 is 106 Å². The average molecular weight is 853 g/mol. The number of hydrogen-bond donors (Lipinski definition) is 7. The molecule has 8 N–H and O–H groups in total. The first-order valence-electron chi connectivity index (χ1n) is 21.5. The molecule has 3 heterocycles. The van der Waals surface area contributed by atoms with E-state index in [-0.39, 0.29) is 23.5 Å². The molecule has 3 aliphatic rings. The maximum atomic E-state index is 11.3. The Morgan fingerprint density at radius 3 is 1.67 bits per heavy atom. The number of phenols is 5. The van der Waals surface area contributed by atoms with E-state index < -0.39 is 28.7 Å². The Labute approximate surface area is 382 Å². The number of phenolic OH excluding ortho intramolecular Hbond substituents is 5. The number of nitrogens with two attached hydrogens (primary N) is 1. The third-order valence-corrected chi connectivity index (χ3v) is 13.1. The first-order chi connectivity index (χ1) is 32.2. The van der Waals surface area contributed by atoms with Crippen LogP contribution < -0.4 is 53.6 Å². The van der Waals surface area contributed by atoms with E-state index >= 15 is 0 Å². The van der Waals surface area contributed by atoms with Crippen molar-refractivity contribution in [3.05, 3.63) is 170 Å². The van der Waals surface area contributed by atoms with Crippen LogP contribution in [0.1, 0.15) is 0 Å². The summed E-state index contributed by atoms with van der Waals surface area (Å²) in [5.74, 6) is -4.71. The number of benzene rings is 9. The first kappa shape index (κ1) is 39.0. The highest BCUT2D eigenvalue weighted by atomic mass is 16.4. The number of nitrogens with one attached hydrogen (secondary N) is 1. The van der Waals surface area contributed by atoms with Gasteiger partial charge in [0.25, 0.3) is 6.71 Å². The molecule has 0 saturated carbocycles. The molecule has 12 rings (SSSR count). The summed E-state index contributed by atoms with van der Waals surface area (Å²) in [6.45, 7) is -0.198. The molecule has 66 heavy (non-hydrogen) atoms. The van der Waals surface area contributed by atoms with Gasteiger partial charge >= 0.3 is 0 Å². The van der Waals surface area contributed by atoms with E-state index in [0.29, 0.717) is 22.4 Å². The lowest BCUT2D eigenvalue weighted by molar-refractivity contribution is 0.330. The maximum absolute atomic E-state index is 11.3. The minimum Gasteiger partial charge on any atom is -0.504 e. The zero-order valence-corrected chi connectivity index (χ0v) is 35.1. The summed E-state index contributed by atoms with van der Waals surface area (Å²) in [5, 5.41) is 58.0. The van der Waals surface area contributed by atoms with Gasteiger partial charge in [-0.2, -0.15) is 0 Å². The number of fused-ring (bicyclic) bond motifs is 7. The van der Waals surface area contributed by atoms with Gasteiger partial charge in [0, 0.05) is 56.6 Å². The number of anilines is 9. The quantitative estimate of drug-likeness (QED) is 0.0394. The maximum Gasteiger partial charge on any atom is 0.252 e. The molecule has 0 aliphatic carbocycles. The lowest BCUT2D eigenvalue weighted by atomic mass is 9.32. The molecule has 0 fully saturated rings. The van der Waals surface area contributed by atoms with Crippen molar-refractivity contribution in [3.8, 4) is 62.1 Å². The second kappa shape index (κ2) is 14.7. The summed E-state index contributed by atoms with van der Waals surface area (Å²) in [6, 6.07) is 56.6. The molecule has 9 aromatic carbocycles. The molecule has 9 aromatic rings. The van der Waals surface area contributed by atoms with Crippen molar-refractivity contribution in [2.75, 3.05) is 20.9 Å². The van der Waals surface area contributed by atoms with Gasteiger partial charge in [-0.3, -0.25) is 0 Å². The number of para-hydroxylation sites is 5. The third kappa shape index (κ3) is 5.57. The molecule has 0 aromatic heterocycles. The van der Waals surface area contributed by atoms with Crippen LogP contribution in [0, 0.1) is 0 Å². The summed E-state index contributed by atoms with van der Waals surface area (Å²) in [6.07, 6.45) is 0. The van der Waals surface area contributed by atoms with Gasteiger partial charge in [0.2, 0.25) is 17.2 Å². The van der Waals surface area contributed by atoms with Gasteiger partial charge in [-0.1, -0.05) is 132 Å².